The van der Waals surface area contributed by atoms with Gasteiger partial charge >= 0.3 is 17.7 Å². The molecule has 36 heavy (non-hydrogen) atoms. The van der Waals surface area contributed by atoms with Crippen LogP contribution in [0.1, 0.15) is 57.2 Å². The van der Waals surface area contributed by atoms with Crippen LogP contribution in [-0.4, -0.2) is 36.7 Å². The standard InChI is InChI=1S/C26H31N3O7/c1-5-6-10-13-35-24-19(29(32)33)14-18(15-20(24)34-4)23-21(25(30)36-16(2)3)22(27-26(31)28-23)17-11-8-7-9-12-17/h7-9,11-12,14-16,23H,5-6,10,13H2,1-4H3,(H2,27,28,31). The predicted octanol–water partition coefficient (Wildman–Crippen LogP) is 4.89. The first-order valence-electron chi connectivity index (χ1n) is 11.8. The van der Waals surface area contributed by atoms with Crippen LogP contribution in [0.25, 0.3) is 5.70 Å². The van der Waals surface area contributed by atoms with Crippen LogP contribution in [0.15, 0.2) is 48.0 Å². The quantitative estimate of drug-likeness (QED) is 0.196. The lowest BCUT2D eigenvalue weighted by Gasteiger charge is -2.30. The second-order valence-corrected chi connectivity index (χ2v) is 8.52. The fraction of sp³-hybridized carbons (Fsp3) is 0.385. The topological polar surface area (TPSA) is 129 Å². The molecular formula is C26H31N3O7. The predicted molar refractivity (Wildman–Crippen MR) is 134 cm³/mol. The number of carbonyl (C=O) groups is 2. The van der Waals surface area contributed by atoms with E-state index in [4.69, 9.17) is 14.2 Å². The molecule has 0 bridgehead atoms. The number of nitro groups is 1. The molecule has 1 aliphatic heterocycles. The molecule has 0 aliphatic carbocycles. The first-order valence-corrected chi connectivity index (χ1v) is 11.8. The minimum absolute atomic E-state index is 0.00110. The van der Waals surface area contributed by atoms with Crippen molar-refractivity contribution < 1.29 is 28.7 Å². The summed E-state index contributed by atoms with van der Waals surface area (Å²) in [6.45, 7) is 5.76. The number of hydrogen-bond acceptors (Lipinski definition) is 7. The van der Waals surface area contributed by atoms with Gasteiger partial charge in [-0.2, -0.15) is 0 Å². The van der Waals surface area contributed by atoms with Crippen molar-refractivity contribution in [2.24, 2.45) is 0 Å². The number of hydrogen-bond donors (Lipinski definition) is 2. The molecule has 1 atom stereocenters. The summed E-state index contributed by atoms with van der Waals surface area (Å²) in [6.07, 6.45) is 2.20. The number of rotatable bonds is 11. The van der Waals surface area contributed by atoms with Gasteiger partial charge in [0.2, 0.25) is 5.75 Å². The van der Waals surface area contributed by atoms with Crippen LogP contribution in [0.3, 0.4) is 0 Å². The number of methoxy groups -OCH3 is 1. The van der Waals surface area contributed by atoms with Crippen molar-refractivity contribution in [3.05, 3.63) is 69.3 Å². The van der Waals surface area contributed by atoms with Crippen LogP contribution < -0.4 is 20.1 Å². The second-order valence-electron chi connectivity index (χ2n) is 8.52. The highest BCUT2D eigenvalue weighted by Crippen LogP contribution is 2.42. The van der Waals surface area contributed by atoms with E-state index in [1.54, 1.807) is 38.1 Å². The molecule has 0 fully saturated rings. The Bertz CT molecular complexity index is 1150. The maximum atomic E-state index is 13.3. The molecule has 10 heteroatoms. The van der Waals surface area contributed by atoms with Gasteiger partial charge in [-0.25, -0.2) is 9.59 Å². The monoisotopic (exact) mass is 497 g/mol. The maximum absolute atomic E-state index is 13.3. The van der Waals surface area contributed by atoms with E-state index >= 15 is 0 Å². The number of ether oxygens (including phenoxy) is 3. The van der Waals surface area contributed by atoms with E-state index in [9.17, 15) is 19.7 Å². The highest BCUT2D eigenvalue weighted by molar-refractivity contribution is 6.04. The van der Waals surface area contributed by atoms with E-state index in [0.29, 0.717) is 12.2 Å². The van der Waals surface area contributed by atoms with Gasteiger partial charge < -0.3 is 24.8 Å². The van der Waals surface area contributed by atoms with Gasteiger partial charge in [0.15, 0.2) is 5.75 Å². The van der Waals surface area contributed by atoms with Crippen molar-refractivity contribution in [1.29, 1.82) is 0 Å². The van der Waals surface area contributed by atoms with Crippen LogP contribution in [0.2, 0.25) is 0 Å². The number of amides is 2. The lowest BCUT2D eigenvalue weighted by Crippen LogP contribution is -2.45. The number of urea groups is 1. The molecule has 10 nitrogen and oxygen atoms in total. The highest BCUT2D eigenvalue weighted by atomic mass is 16.6. The van der Waals surface area contributed by atoms with E-state index in [0.717, 1.165) is 19.3 Å². The van der Waals surface area contributed by atoms with Crippen molar-refractivity contribution in [2.45, 2.75) is 52.2 Å². The molecule has 2 N–H and O–H groups in total. The van der Waals surface area contributed by atoms with E-state index in [-0.39, 0.29) is 34.0 Å². The third kappa shape index (κ3) is 6.12. The van der Waals surface area contributed by atoms with Gasteiger partial charge in [0.1, 0.15) is 0 Å². The summed E-state index contributed by atoms with van der Waals surface area (Å²) in [6, 6.07) is 10.1. The number of unbranched alkanes of at least 4 members (excludes halogenated alkanes) is 2. The molecule has 2 aromatic carbocycles. The Balaban J connectivity index is 2.17. The van der Waals surface area contributed by atoms with Crippen LogP contribution in [0, 0.1) is 10.1 Å². The Hall–Kier alpha value is -4.08. The smallest absolute Gasteiger partial charge is 0.338 e. The summed E-state index contributed by atoms with van der Waals surface area (Å²) in [5.41, 5.74) is 0.911. The SMILES string of the molecule is CCCCCOc1c(OC)cc(C2NC(=O)NC(c3ccccc3)=C2C(=O)OC(C)C)cc1[N+](=O)[O-]. The van der Waals surface area contributed by atoms with Gasteiger partial charge in [-0.05, 0) is 37.5 Å². The summed E-state index contributed by atoms with van der Waals surface area (Å²) in [5.74, 6) is -0.537. The van der Waals surface area contributed by atoms with Crippen LogP contribution in [0.4, 0.5) is 10.5 Å². The normalized spacial score (nSPS) is 15.2. The zero-order valence-electron chi connectivity index (χ0n) is 20.8. The first kappa shape index (κ1) is 26.5. The molecule has 2 aromatic rings. The molecule has 192 valence electrons. The lowest BCUT2D eigenvalue weighted by molar-refractivity contribution is -0.386. The largest absolute Gasteiger partial charge is 0.493 e. The van der Waals surface area contributed by atoms with E-state index < -0.39 is 29.1 Å². The number of nitrogens with one attached hydrogen (secondary N) is 2. The maximum Gasteiger partial charge on any atom is 0.338 e. The van der Waals surface area contributed by atoms with Crippen molar-refractivity contribution in [3.63, 3.8) is 0 Å². The molecule has 0 aromatic heterocycles. The van der Waals surface area contributed by atoms with E-state index in [2.05, 4.69) is 10.6 Å². The molecule has 1 heterocycles. The Morgan fingerprint density at radius 2 is 1.89 bits per heavy atom. The van der Waals surface area contributed by atoms with Crippen molar-refractivity contribution >= 4 is 23.4 Å². The van der Waals surface area contributed by atoms with Gasteiger partial charge in [0, 0.05) is 6.07 Å². The van der Waals surface area contributed by atoms with Crippen LogP contribution in [-0.2, 0) is 9.53 Å². The minimum atomic E-state index is -1.04. The Labute approximate surface area is 209 Å². The fourth-order valence-corrected chi connectivity index (χ4v) is 3.88. The summed E-state index contributed by atoms with van der Waals surface area (Å²) < 4.78 is 16.7. The summed E-state index contributed by atoms with van der Waals surface area (Å²) >= 11 is 0. The van der Waals surface area contributed by atoms with Gasteiger partial charge in [0.05, 0.1) is 42.1 Å². The summed E-state index contributed by atoms with van der Waals surface area (Å²) in [7, 11) is 1.38. The molecule has 0 saturated heterocycles. The van der Waals surface area contributed by atoms with Crippen molar-refractivity contribution in [1.82, 2.24) is 10.6 Å². The van der Waals surface area contributed by atoms with Crippen LogP contribution in [0.5, 0.6) is 11.5 Å². The fourth-order valence-electron chi connectivity index (χ4n) is 3.88. The third-order valence-corrected chi connectivity index (χ3v) is 5.50. The average molecular weight is 498 g/mol. The first-order chi connectivity index (χ1) is 17.3. The molecule has 3 rings (SSSR count). The summed E-state index contributed by atoms with van der Waals surface area (Å²) in [4.78, 5) is 37.4. The minimum Gasteiger partial charge on any atom is -0.493 e. The van der Waals surface area contributed by atoms with E-state index in [1.807, 2.05) is 13.0 Å². The number of benzene rings is 2. The van der Waals surface area contributed by atoms with Gasteiger partial charge in [-0.3, -0.25) is 10.1 Å². The molecule has 1 unspecified atom stereocenters. The van der Waals surface area contributed by atoms with Gasteiger partial charge in [-0.1, -0.05) is 50.1 Å². The molecular weight excluding hydrogens is 466 g/mol. The molecule has 2 amide bonds. The van der Waals surface area contributed by atoms with E-state index in [1.165, 1.54) is 19.2 Å². The lowest BCUT2D eigenvalue weighted by atomic mass is 9.92. The highest BCUT2D eigenvalue weighted by Gasteiger charge is 2.37. The summed E-state index contributed by atoms with van der Waals surface area (Å²) in [5, 5.41) is 17.4. The Kier molecular flexibility index (Phi) is 8.88. The molecule has 0 spiro atoms. The van der Waals surface area contributed by atoms with Crippen molar-refractivity contribution in [2.75, 3.05) is 13.7 Å². The number of esters is 1. The number of nitrogens with zero attached hydrogens (tertiary/aromatic N) is 1. The zero-order chi connectivity index (χ0) is 26.2. The van der Waals surface area contributed by atoms with Crippen molar-refractivity contribution in [3.8, 4) is 11.5 Å². The average Bonchev–Trinajstić information content (AvgIpc) is 2.85. The van der Waals surface area contributed by atoms with Gasteiger partial charge in [-0.15, -0.1) is 0 Å². The molecule has 1 aliphatic rings. The van der Waals surface area contributed by atoms with Crippen LogP contribution >= 0.6 is 0 Å². The number of nitro benzene ring substituents is 1. The molecule has 0 saturated carbocycles. The second kappa shape index (κ2) is 12.1. The zero-order valence-corrected chi connectivity index (χ0v) is 20.8. The molecule has 0 radical (unpaired) electrons. The third-order valence-electron chi connectivity index (χ3n) is 5.50. The van der Waals surface area contributed by atoms with Gasteiger partial charge in [0.25, 0.3) is 0 Å². The Morgan fingerprint density at radius 3 is 2.50 bits per heavy atom. The number of carbonyl (C=O) groups excluding carboxylic acids is 2. The Morgan fingerprint density at radius 1 is 1.17 bits per heavy atom.